The van der Waals surface area contributed by atoms with E-state index in [-0.39, 0.29) is 11.3 Å². The standard InChI is InChI=1S/C21H22N2O2/c1-16-5-7-19(8-6-16)21(9-11-25-12-10-21)15-23-20(24)18-4-2-3-17(13-18)14-22/h2-8,13H,9-12,15H2,1H3,(H,23,24). The van der Waals surface area contributed by atoms with Gasteiger partial charge < -0.3 is 10.1 Å². The van der Waals surface area contributed by atoms with Gasteiger partial charge >= 0.3 is 0 Å². The zero-order valence-electron chi connectivity index (χ0n) is 14.4. The van der Waals surface area contributed by atoms with Gasteiger partial charge in [-0.05, 0) is 43.5 Å². The Morgan fingerprint density at radius 3 is 2.60 bits per heavy atom. The summed E-state index contributed by atoms with van der Waals surface area (Å²) in [4.78, 5) is 12.5. The summed E-state index contributed by atoms with van der Waals surface area (Å²) >= 11 is 0. The average Bonchev–Trinajstić information content (AvgIpc) is 2.67. The molecule has 0 bridgehead atoms. The zero-order valence-corrected chi connectivity index (χ0v) is 14.4. The number of hydrogen-bond acceptors (Lipinski definition) is 3. The maximum Gasteiger partial charge on any atom is 0.251 e. The van der Waals surface area contributed by atoms with Gasteiger partial charge in [-0.15, -0.1) is 0 Å². The molecule has 4 nitrogen and oxygen atoms in total. The van der Waals surface area contributed by atoms with Crippen molar-refractivity contribution in [3.8, 4) is 6.07 Å². The average molecular weight is 334 g/mol. The van der Waals surface area contributed by atoms with Gasteiger partial charge in [-0.1, -0.05) is 35.9 Å². The number of benzene rings is 2. The van der Waals surface area contributed by atoms with Crippen LogP contribution >= 0.6 is 0 Å². The summed E-state index contributed by atoms with van der Waals surface area (Å²) in [5.74, 6) is -0.143. The van der Waals surface area contributed by atoms with Crippen LogP contribution in [-0.2, 0) is 10.2 Å². The maximum atomic E-state index is 12.5. The van der Waals surface area contributed by atoms with E-state index in [9.17, 15) is 4.79 Å². The van der Waals surface area contributed by atoms with Crippen molar-refractivity contribution in [2.75, 3.05) is 19.8 Å². The van der Waals surface area contributed by atoms with E-state index < -0.39 is 0 Å². The number of amides is 1. The molecule has 0 unspecified atom stereocenters. The molecule has 0 spiro atoms. The largest absolute Gasteiger partial charge is 0.381 e. The molecule has 1 N–H and O–H groups in total. The van der Waals surface area contributed by atoms with Gasteiger partial charge in [0.2, 0.25) is 0 Å². The van der Waals surface area contributed by atoms with Crippen molar-refractivity contribution in [2.45, 2.75) is 25.2 Å². The number of hydrogen-bond donors (Lipinski definition) is 1. The number of nitriles is 1. The lowest BCUT2D eigenvalue weighted by Gasteiger charge is -2.38. The first-order valence-corrected chi connectivity index (χ1v) is 8.56. The molecule has 1 heterocycles. The predicted molar refractivity (Wildman–Crippen MR) is 96.4 cm³/mol. The molecule has 128 valence electrons. The Kier molecular flexibility index (Phi) is 5.16. The lowest BCUT2D eigenvalue weighted by atomic mass is 9.74. The number of carbonyl (C=O) groups excluding carboxylic acids is 1. The van der Waals surface area contributed by atoms with Crippen LogP contribution in [-0.4, -0.2) is 25.7 Å². The van der Waals surface area contributed by atoms with E-state index in [1.165, 1.54) is 11.1 Å². The van der Waals surface area contributed by atoms with Crippen LogP contribution in [0.1, 0.15) is 39.9 Å². The SMILES string of the molecule is Cc1ccc(C2(CNC(=O)c3cccc(C#N)c3)CCOCC2)cc1. The molecule has 4 heteroatoms. The second-order valence-corrected chi connectivity index (χ2v) is 6.63. The third-order valence-electron chi connectivity index (χ3n) is 4.96. The fourth-order valence-electron chi connectivity index (χ4n) is 3.32. The van der Waals surface area contributed by atoms with Gasteiger partial charge in [-0.3, -0.25) is 4.79 Å². The quantitative estimate of drug-likeness (QED) is 0.933. The van der Waals surface area contributed by atoms with Gasteiger partial charge in [-0.25, -0.2) is 0 Å². The molecule has 0 radical (unpaired) electrons. The Bertz CT molecular complexity index is 784. The normalized spacial score (nSPS) is 16.0. The van der Waals surface area contributed by atoms with E-state index in [1.807, 2.05) is 0 Å². The van der Waals surface area contributed by atoms with Crippen molar-refractivity contribution < 1.29 is 9.53 Å². The fraction of sp³-hybridized carbons (Fsp3) is 0.333. The lowest BCUT2D eigenvalue weighted by Crippen LogP contribution is -2.44. The minimum Gasteiger partial charge on any atom is -0.381 e. The minimum absolute atomic E-state index is 0.103. The predicted octanol–water partition coefficient (Wildman–Crippen LogP) is 3.34. The van der Waals surface area contributed by atoms with Gasteiger partial charge in [0.05, 0.1) is 11.6 Å². The molecule has 1 amide bonds. The summed E-state index contributed by atoms with van der Waals surface area (Å²) in [6.07, 6.45) is 1.77. The van der Waals surface area contributed by atoms with Crippen LogP contribution in [0.15, 0.2) is 48.5 Å². The third-order valence-corrected chi connectivity index (χ3v) is 4.96. The molecule has 1 fully saturated rings. The third kappa shape index (κ3) is 3.89. The molecule has 0 aromatic heterocycles. The highest BCUT2D eigenvalue weighted by Crippen LogP contribution is 2.34. The summed E-state index contributed by atoms with van der Waals surface area (Å²) in [6, 6.07) is 17.4. The number of carbonyl (C=O) groups is 1. The molecule has 2 aromatic carbocycles. The van der Waals surface area contributed by atoms with Gasteiger partial charge in [0, 0.05) is 30.7 Å². The van der Waals surface area contributed by atoms with Gasteiger partial charge in [0.15, 0.2) is 0 Å². The van der Waals surface area contributed by atoms with Crippen LogP contribution in [0.2, 0.25) is 0 Å². The molecule has 1 saturated heterocycles. The fourth-order valence-corrected chi connectivity index (χ4v) is 3.32. The molecule has 2 aromatic rings. The molecule has 1 aliphatic rings. The number of ether oxygens (including phenoxy) is 1. The zero-order chi connectivity index (χ0) is 17.7. The lowest BCUT2D eigenvalue weighted by molar-refractivity contribution is 0.0487. The van der Waals surface area contributed by atoms with E-state index in [0.29, 0.717) is 30.9 Å². The monoisotopic (exact) mass is 334 g/mol. The van der Waals surface area contributed by atoms with Crippen LogP contribution in [0.25, 0.3) is 0 Å². The van der Waals surface area contributed by atoms with E-state index in [2.05, 4.69) is 42.6 Å². The Balaban J connectivity index is 1.78. The molecule has 0 saturated carbocycles. The van der Waals surface area contributed by atoms with Crippen molar-refractivity contribution in [2.24, 2.45) is 0 Å². The molecule has 25 heavy (non-hydrogen) atoms. The van der Waals surface area contributed by atoms with Gasteiger partial charge in [-0.2, -0.15) is 5.26 Å². The Morgan fingerprint density at radius 2 is 1.92 bits per heavy atom. The summed E-state index contributed by atoms with van der Waals surface area (Å²) in [5, 5.41) is 12.1. The van der Waals surface area contributed by atoms with Crippen LogP contribution in [0.3, 0.4) is 0 Å². The molecule has 3 rings (SSSR count). The highest BCUT2D eigenvalue weighted by Gasteiger charge is 2.34. The van der Waals surface area contributed by atoms with E-state index in [4.69, 9.17) is 10.00 Å². The van der Waals surface area contributed by atoms with Crippen molar-refractivity contribution in [1.29, 1.82) is 5.26 Å². The Morgan fingerprint density at radius 1 is 1.20 bits per heavy atom. The maximum absolute atomic E-state index is 12.5. The molecule has 0 atom stereocenters. The number of aryl methyl sites for hydroxylation is 1. The van der Waals surface area contributed by atoms with Gasteiger partial charge in [0.1, 0.15) is 0 Å². The summed E-state index contributed by atoms with van der Waals surface area (Å²) in [5.41, 5.74) is 3.38. The van der Waals surface area contributed by atoms with Crippen LogP contribution in [0, 0.1) is 18.3 Å². The summed E-state index contributed by atoms with van der Waals surface area (Å²) in [7, 11) is 0. The van der Waals surface area contributed by atoms with Crippen LogP contribution in [0.5, 0.6) is 0 Å². The van der Waals surface area contributed by atoms with Crippen molar-refractivity contribution in [1.82, 2.24) is 5.32 Å². The van der Waals surface area contributed by atoms with Gasteiger partial charge in [0.25, 0.3) is 5.91 Å². The summed E-state index contributed by atoms with van der Waals surface area (Å²) < 4.78 is 5.54. The van der Waals surface area contributed by atoms with Crippen molar-refractivity contribution in [3.05, 3.63) is 70.8 Å². The minimum atomic E-state index is -0.143. The first kappa shape index (κ1) is 17.2. The molecule has 0 aliphatic carbocycles. The highest BCUT2D eigenvalue weighted by atomic mass is 16.5. The van der Waals surface area contributed by atoms with Crippen LogP contribution < -0.4 is 5.32 Å². The number of rotatable bonds is 4. The van der Waals surface area contributed by atoms with E-state index >= 15 is 0 Å². The topological polar surface area (TPSA) is 62.1 Å². The second-order valence-electron chi connectivity index (χ2n) is 6.63. The molecular weight excluding hydrogens is 312 g/mol. The van der Waals surface area contributed by atoms with E-state index in [1.54, 1.807) is 24.3 Å². The number of nitrogens with zero attached hydrogens (tertiary/aromatic N) is 1. The molecular formula is C21H22N2O2. The summed E-state index contributed by atoms with van der Waals surface area (Å²) in [6.45, 7) is 4.04. The number of nitrogens with one attached hydrogen (secondary N) is 1. The Labute approximate surface area is 148 Å². The van der Waals surface area contributed by atoms with Crippen molar-refractivity contribution in [3.63, 3.8) is 0 Å². The second kappa shape index (κ2) is 7.50. The van der Waals surface area contributed by atoms with E-state index in [0.717, 1.165) is 12.8 Å². The smallest absolute Gasteiger partial charge is 0.251 e. The van der Waals surface area contributed by atoms with Crippen LogP contribution in [0.4, 0.5) is 0 Å². The Hall–Kier alpha value is -2.64. The van der Waals surface area contributed by atoms with Crippen molar-refractivity contribution >= 4 is 5.91 Å². The molecule has 1 aliphatic heterocycles. The first-order chi connectivity index (χ1) is 12.1. The first-order valence-electron chi connectivity index (χ1n) is 8.56. The highest BCUT2D eigenvalue weighted by molar-refractivity contribution is 5.94.